The SMILES string of the molecule is CC(C)NC(=O)c1cc([N+](=O)[O-])cc(S(N)(=O)=O)c1Br. The number of nitrogens with one attached hydrogen (secondary N) is 1. The third-order valence-corrected chi connectivity index (χ3v) is 4.26. The predicted octanol–water partition coefficient (Wildman–Crippen LogP) is 1.14. The van der Waals surface area contributed by atoms with Gasteiger partial charge in [-0.3, -0.25) is 14.9 Å². The van der Waals surface area contributed by atoms with Crippen molar-refractivity contribution in [3.63, 3.8) is 0 Å². The van der Waals surface area contributed by atoms with E-state index in [1.54, 1.807) is 13.8 Å². The molecule has 1 aromatic carbocycles. The van der Waals surface area contributed by atoms with Crippen molar-refractivity contribution in [1.29, 1.82) is 0 Å². The first-order valence-corrected chi connectivity index (χ1v) is 7.69. The molecule has 110 valence electrons. The lowest BCUT2D eigenvalue weighted by atomic mass is 10.2. The highest BCUT2D eigenvalue weighted by atomic mass is 79.9. The summed E-state index contributed by atoms with van der Waals surface area (Å²) < 4.78 is 22.7. The van der Waals surface area contributed by atoms with Crippen LogP contribution in [0.1, 0.15) is 24.2 Å². The molecule has 3 N–H and O–H groups in total. The topological polar surface area (TPSA) is 132 Å². The Hall–Kier alpha value is -1.52. The highest BCUT2D eigenvalue weighted by Gasteiger charge is 2.25. The summed E-state index contributed by atoms with van der Waals surface area (Å²) >= 11 is 2.95. The van der Waals surface area contributed by atoms with Crippen LogP contribution in [0.2, 0.25) is 0 Å². The Morgan fingerprint density at radius 2 is 2.00 bits per heavy atom. The van der Waals surface area contributed by atoms with Gasteiger partial charge in [0, 0.05) is 18.2 Å². The van der Waals surface area contributed by atoms with Gasteiger partial charge in [0.2, 0.25) is 10.0 Å². The van der Waals surface area contributed by atoms with Crippen LogP contribution in [0.4, 0.5) is 5.69 Å². The minimum Gasteiger partial charge on any atom is -0.350 e. The number of halogens is 1. The van der Waals surface area contributed by atoms with Gasteiger partial charge >= 0.3 is 0 Å². The summed E-state index contributed by atoms with van der Waals surface area (Å²) in [6.07, 6.45) is 0. The Bertz CT molecular complexity index is 672. The number of primary sulfonamides is 1. The number of carbonyl (C=O) groups excluding carboxylic acids is 1. The molecule has 10 heteroatoms. The molecule has 0 saturated heterocycles. The molecule has 0 aliphatic heterocycles. The number of nitrogens with zero attached hydrogens (tertiary/aromatic N) is 1. The lowest BCUT2D eigenvalue weighted by Crippen LogP contribution is -2.30. The van der Waals surface area contributed by atoms with E-state index in [9.17, 15) is 23.3 Å². The predicted molar refractivity (Wildman–Crippen MR) is 74.8 cm³/mol. The number of hydrogen-bond donors (Lipinski definition) is 2. The fraction of sp³-hybridized carbons (Fsp3) is 0.300. The van der Waals surface area contributed by atoms with Crippen molar-refractivity contribution >= 4 is 37.5 Å². The maximum atomic E-state index is 11.9. The van der Waals surface area contributed by atoms with E-state index in [1.165, 1.54) is 0 Å². The van der Waals surface area contributed by atoms with Crippen LogP contribution in [0.3, 0.4) is 0 Å². The highest BCUT2D eigenvalue weighted by Crippen LogP contribution is 2.30. The second-order valence-electron chi connectivity index (χ2n) is 4.24. The van der Waals surface area contributed by atoms with Crippen LogP contribution < -0.4 is 10.5 Å². The standard InChI is InChI=1S/C10H12BrN3O5S/c1-5(2)13-10(15)7-3-6(14(16)17)4-8(9(7)11)20(12,18)19/h3-5H,1-2H3,(H,13,15)(H2,12,18,19). The second kappa shape index (κ2) is 5.85. The maximum absolute atomic E-state index is 11.9. The first-order valence-electron chi connectivity index (χ1n) is 5.35. The zero-order chi connectivity index (χ0) is 15.7. The molecule has 0 aromatic heterocycles. The minimum absolute atomic E-state index is 0.108. The van der Waals surface area contributed by atoms with E-state index in [0.29, 0.717) is 0 Å². The fourth-order valence-corrected chi connectivity index (χ4v) is 3.13. The Labute approximate surface area is 123 Å². The molecule has 0 bridgehead atoms. The van der Waals surface area contributed by atoms with Gasteiger partial charge in [-0.15, -0.1) is 0 Å². The number of amides is 1. The van der Waals surface area contributed by atoms with Gasteiger partial charge in [0.05, 0.1) is 15.0 Å². The van der Waals surface area contributed by atoms with E-state index >= 15 is 0 Å². The van der Waals surface area contributed by atoms with Crippen LogP contribution in [-0.2, 0) is 10.0 Å². The lowest BCUT2D eigenvalue weighted by molar-refractivity contribution is -0.385. The molecule has 1 rings (SSSR count). The molecule has 0 fully saturated rings. The normalized spacial score (nSPS) is 11.4. The van der Waals surface area contributed by atoms with E-state index < -0.39 is 31.4 Å². The molecule has 1 amide bonds. The number of nitrogens with two attached hydrogens (primary N) is 1. The first kappa shape index (κ1) is 16.5. The molecule has 1 aromatic rings. The van der Waals surface area contributed by atoms with E-state index in [0.717, 1.165) is 12.1 Å². The monoisotopic (exact) mass is 365 g/mol. The van der Waals surface area contributed by atoms with Crippen LogP contribution in [0.25, 0.3) is 0 Å². The number of hydrogen-bond acceptors (Lipinski definition) is 5. The number of benzene rings is 1. The smallest absolute Gasteiger partial charge is 0.271 e. The number of nitro groups is 1. The van der Waals surface area contributed by atoms with Crippen LogP contribution in [0.15, 0.2) is 21.5 Å². The Balaban J connectivity index is 3.56. The Morgan fingerprint density at radius 3 is 2.40 bits per heavy atom. The first-order chi connectivity index (χ1) is 9.04. The van der Waals surface area contributed by atoms with Crippen LogP contribution in [0, 0.1) is 10.1 Å². The van der Waals surface area contributed by atoms with E-state index in [2.05, 4.69) is 21.2 Å². The van der Waals surface area contributed by atoms with Crippen molar-refractivity contribution in [2.75, 3.05) is 0 Å². The van der Waals surface area contributed by atoms with Crippen LogP contribution in [-0.4, -0.2) is 25.3 Å². The van der Waals surface area contributed by atoms with Crippen molar-refractivity contribution in [3.8, 4) is 0 Å². The van der Waals surface area contributed by atoms with Crippen molar-refractivity contribution in [3.05, 3.63) is 32.3 Å². The van der Waals surface area contributed by atoms with Gasteiger partial charge in [0.1, 0.15) is 4.90 Å². The molecule has 0 atom stereocenters. The zero-order valence-electron chi connectivity index (χ0n) is 10.6. The maximum Gasteiger partial charge on any atom is 0.271 e. The molecule has 0 heterocycles. The fourth-order valence-electron chi connectivity index (χ4n) is 1.40. The molecule has 0 aliphatic carbocycles. The average Bonchev–Trinajstić information content (AvgIpc) is 2.25. The minimum atomic E-state index is -4.21. The summed E-state index contributed by atoms with van der Waals surface area (Å²) in [4.78, 5) is 21.4. The molecule has 20 heavy (non-hydrogen) atoms. The summed E-state index contributed by atoms with van der Waals surface area (Å²) in [6.45, 7) is 3.40. The number of sulfonamides is 1. The Morgan fingerprint density at radius 1 is 1.45 bits per heavy atom. The van der Waals surface area contributed by atoms with Crippen molar-refractivity contribution in [1.82, 2.24) is 5.32 Å². The molecule has 8 nitrogen and oxygen atoms in total. The van der Waals surface area contributed by atoms with Gasteiger partial charge in [-0.25, -0.2) is 13.6 Å². The van der Waals surface area contributed by atoms with Gasteiger partial charge in [-0.2, -0.15) is 0 Å². The number of non-ortho nitro benzene ring substituents is 1. The van der Waals surface area contributed by atoms with Gasteiger partial charge in [0.15, 0.2) is 0 Å². The van der Waals surface area contributed by atoms with Crippen molar-refractivity contribution in [2.45, 2.75) is 24.8 Å². The number of nitro benzene ring substituents is 1. The summed E-state index contributed by atoms with van der Waals surface area (Å²) in [5.41, 5.74) is -0.706. The molecule has 0 aliphatic rings. The van der Waals surface area contributed by atoms with E-state index in [1.807, 2.05) is 0 Å². The van der Waals surface area contributed by atoms with Gasteiger partial charge in [0.25, 0.3) is 11.6 Å². The molecular weight excluding hydrogens is 354 g/mol. The molecule has 0 unspecified atom stereocenters. The largest absolute Gasteiger partial charge is 0.350 e. The van der Waals surface area contributed by atoms with E-state index in [4.69, 9.17) is 5.14 Å². The third kappa shape index (κ3) is 3.74. The number of carbonyl (C=O) groups is 1. The highest BCUT2D eigenvalue weighted by molar-refractivity contribution is 9.10. The Kier molecular flexibility index (Phi) is 4.84. The summed E-state index contributed by atoms with van der Waals surface area (Å²) in [6, 6.07) is 1.56. The van der Waals surface area contributed by atoms with Gasteiger partial charge < -0.3 is 5.32 Å². The second-order valence-corrected chi connectivity index (χ2v) is 6.56. The molecule has 0 saturated carbocycles. The van der Waals surface area contributed by atoms with Crippen molar-refractivity contribution in [2.24, 2.45) is 5.14 Å². The lowest BCUT2D eigenvalue weighted by Gasteiger charge is -2.11. The van der Waals surface area contributed by atoms with Crippen LogP contribution >= 0.6 is 15.9 Å². The number of rotatable bonds is 4. The quantitative estimate of drug-likeness (QED) is 0.609. The molecule has 0 radical (unpaired) electrons. The van der Waals surface area contributed by atoms with E-state index in [-0.39, 0.29) is 16.1 Å². The van der Waals surface area contributed by atoms with Crippen molar-refractivity contribution < 1.29 is 18.1 Å². The molecule has 0 spiro atoms. The summed E-state index contributed by atoms with van der Waals surface area (Å²) in [5.74, 6) is -0.638. The molecular formula is C10H12BrN3O5S. The zero-order valence-corrected chi connectivity index (χ0v) is 13.0. The summed E-state index contributed by atoms with van der Waals surface area (Å²) in [7, 11) is -4.21. The van der Waals surface area contributed by atoms with Gasteiger partial charge in [-0.05, 0) is 29.8 Å². The summed E-state index contributed by atoms with van der Waals surface area (Å²) in [5, 5.41) is 18.3. The van der Waals surface area contributed by atoms with Gasteiger partial charge in [-0.1, -0.05) is 0 Å². The third-order valence-electron chi connectivity index (χ3n) is 2.21. The average molecular weight is 366 g/mol. The van der Waals surface area contributed by atoms with Crippen LogP contribution in [0.5, 0.6) is 0 Å².